The Morgan fingerprint density at radius 1 is 1.04 bits per heavy atom. The molecule has 27 heavy (non-hydrogen) atoms. The molecule has 4 aliphatic carbocycles. The van der Waals surface area contributed by atoms with E-state index in [1.807, 2.05) is 27.7 Å². The second kappa shape index (κ2) is 8.85. The Kier molecular flexibility index (Phi) is 7.23. The molecule has 0 aromatic rings. The van der Waals surface area contributed by atoms with Gasteiger partial charge < -0.3 is 4.74 Å². The van der Waals surface area contributed by atoms with Crippen LogP contribution >= 0.6 is 0 Å². The monoisotopic (exact) mass is 371 g/mol. The third-order valence-corrected chi connectivity index (χ3v) is 8.15. The summed E-state index contributed by atoms with van der Waals surface area (Å²) in [6, 6.07) is 2.64. The van der Waals surface area contributed by atoms with Crippen molar-refractivity contribution in [3.05, 3.63) is 23.5 Å². The van der Waals surface area contributed by atoms with Crippen LogP contribution in [0.5, 0.6) is 0 Å². The Hall–Kier alpha value is -1.23. The number of ether oxygens (including phenoxy) is 1. The Bertz CT molecular complexity index is 612. The number of hydrogen-bond acceptors (Lipinski definition) is 2. The van der Waals surface area contributed by atoms with Crippen molar-refractivity contribution < 1.29 is 4.74 Å². The van der Waals surface area contributed by atoms with Gasteiger partial charge in [0.05, 0.1) is 24.9 Å². The molecule has 0 radical (unpaired) electrons. The number of nitriles is 1. The minimum atomic E-state index is 0.278. The van der Waals surface area contributed by atoms with Gasteiger partial charge in [-0.05, 0) is 78.8 Å². The normalized spacial score (nSPS) is 41.6. The molecule has 0 bridgehead atoms. The summed E-state index contributed by atoms with van der Waals surface area (Å²) in [6.45, 7) is 12.9. The first-order valence-electron chi connectivity index (χ1n) is 11.4. The summed E-state index contributed by atoms with van der Waals surface area (Å²) in [4.78, 5) is 0. The first kappa shape index (κ1) is 22.1. The largest absolute Gasteiger partial charge is 0.501 e. The van der Waals surface area contributed by atoms with Gasteiger partial charge in [0.25, 0.3) is 0 Å². The van der Waals surface area contributed by atoms with Gasteiger partial charge in [-0.1, -0.05) is 47.6 Å². The van der Waals surface area contributed by atoms with E-state index in [1.54, 1.807) is 7.11 Å². The highest BCUT2D eigenvalue weighted by molar-refractivity contribution is 5.35. The van der Waals surface area contributed by atoms with Crippen molar-refractivity contribution in [1.29, 1.82) is 5.26 Å². The molecule has 0 heterocycles. The predicted molar refractivity (Wildman–Crippen MR) is 114 cm³/mol. The molecule has 4 aliphatic rings. The number of methoxy groups -OCH3 is 1. The van der Waals surface area contributed by atoms with Crippen molar-refractivity contribution >= 4 is 0 Å². The molecule has 2 nitrogen and oxygen atoms in total. The predicted octanol–water partition coefficient (Wildman–Crippen LogP) is 7.28. The first-order valence-corrected chi connectivity index (χ1v) is 11.4. The van der Waals surface area contributed by atoms with E-state index in [1.165, 1.54) is 37.7 Å². The molecule has 2 saturated carbocycles. The number of rotatable bonds is 1. The lowest BCUT2D eigenvalue weighted by atomic mass is 9.48. The molecule has 0 amide bonds. The fourth-order valence-electron chi connectivity index (χ4n) is 6.67. The summed E-state index contributed by atoms with van der Waals surface area (Å²) in [5, 5.41) is 9.58. The maximum absolute atomic E-state index is 9.58. The maximum atomic E-state index is 9.58. The van der Waals surface area contributed by atoms with Crippen LogP contribution < -0.4 is 0 Å². The standard InChI is InChI=1S/C21H29NO.2C2H6/c1-20-10-8-16(23-3)12-14(20)4-6-17-18-7-5-15(13-22)21(18,2)11-9-19(17)20;2*1-2/h4,12,15,17-19H,5-11H2,1-3H3;2*1-2H3. The average molecular weight is 372 g/mol. The second-order valence-corrected chi connectivity index (χ2v) is 8.81. The van der Waals surface area contributed by atoms with Gasteiger partial charge in [0, 0.05) is 6.42 Å². The maximum Gasteiger partial charge on any atom is 0.0958 e. The molecule has 0 aliphatic heterocycles. The highest BCUT2D eigenvalue weighted by Gasteiger charge is 2.58. The quantitative estimate of drug-likeness (QED) is 0.485. The lowest BCUT2D eigenvalue weighted by molar-refractivity contribution is -0.0294. The summed E-state index contributed by atoms with van der Waals surface area (Å²) in [7, 11) is 1.80. The van der Waals surface area contributed by atoms with E-state index in [0.717, 1.165) is 36.4 Å². The zero-order valence-electron chi connectivity index (χ0n) is 18.8. The second-order valence-electron chi connectivity index (χ2n) is 8.81. The van der Waals surface area contributed by atoms with Crippen LogP contribution in [0.3, 0.4) is 0 Å². The minimum absolute atomic E-state index is 0.278. The van der Waals surface area contributed by atoms with E-state index in [9.17, 15) is 5.26 Å². The molecule has 6 unspecified atom stereocenters. The number of allylic oxidation sites excluding steroid dienone is 4. The van der Waals surface area contributed by atoms with Gasteiger partial charge in [-0.15, -0.1) is 0 Å². The highest BCUT2D eigenvalue weighted by Crippen LogP contribution is 2.65. The van der Waals surface area contributed by atoms with Crippen LogP contribution in [0.15, 0.2) is 23.5 Å². The van der Waals surface area contributed by atoms with Crippen LogP contribution in [0.25, 0.3) is 0 Å². The summed E-state index contributed by atoms with van der Waals surface area (Å²) in [6.07, 6.45) is 13.3. The van der Waals surface area contributed by atoms with Gasteiger partial charge in [0.1, 0.15) is 0 Å². The van der Waals surface area contributed by atoms with Crippen molar-refractivity contribution in [2.75, 3.05) is 7.11 Å². The Balaban J connectivity index is 0.000000614. The summed E-state index contributed by atoms with van der Waals surface area (Å²) in [5.74, 6) is 3.79. The molecule has 0 N–H and O–H groups in total. The lowest BCUT2D eigenvalue weighted by Gasteiger charge is -2.56. The van der Waals surface area contributed by atoms with Crippen molar-refractivity contribution in [2.45, 2.75) is 86.5 Å². The van der Waals surface area contributed by atoms with E-state index in [-0.39, 0.29) is 11.3 Å². The topological polar surface area (TPSA) is 33.0 Å². The molecule has 0 spiro atoms. The molecule has 0 saturated heterocycles. The van der Waals surface area contributed by atoms with Crippen molar-refractivity contribution in [3.8, 4) is 6.07 Å². The van der Waals surface area contributed by atoms with E-state index in [2.05, 4.69) is 32.1 Å². The van der Waals surface area contributed by atoms with Gasteiger partial charge in [0.2, 0.25) is 0 Å². The molecule has 4 rings (SSSR count). The van der Waals surface area contributed by atoms with Gasteiger partial charge >= 0.3 is 0 Å². The molecular weight excluding hydrogens is 330 g/mol. The zero-order chi connectivity index (χ0) is 20.2. The molecule has 2 fully saturated rings. The van der Waals surface area contributed by atoms with Crippen LogP contribution in [0, 0.1) is 45.8 Å². The summed E-state index contributed by atoms with van der Waals surface area (Å²) in [5.41, 5.74) is 2.14. The number of nitrogens with zero attached hydrogens (tertiary/aromatic N) is 1. The molecular formula is C25H41NO. The van der Waals surface area contributed by atoms with Crippen LogP contribution in [0.2, 0.25) is 0 Å². The SMILES string of the molecule is CC.CC.COC1=CC2=CCC3C(CCC4(C)C(C#N)CCC34)C2(C)CC1. The fraction of sp³-hybridized carbons (Fsp3) is 0.800. The Morgan fingerprint density at radius 2 is 1.74 bits per heavy atom. The van der Waals surface area contributed by atoms with Gasteiger partial charge in [-0.2, -0.15) is 5.26 Å². The summed E-state index contributed by atoms with van der Waals surface area (Å²) < 4.78 is 5.52. The van der Waals surface area contributed by atoms with E-state index in [0.29, 0.717) is 5.41 Å². The van der Waals surface area contributed by atoms with Crippen molar-refractivity contribution in [2.24, 2.45) is 34.5 Å². The Morgan fingerprint density at radius 3 is 2.37 bits per heavy atom. The Labute approximate surface area is 168 Å². The van der Waals surface area contributed by atoms with E-state index < -0.39 is 0 Å². The van der Waals surface area contributed by atoms with Crippen molar-refractivity contribution in [1.82, 2.24) is 0 Å². The first-order chi connectivity index (χ1) is 13.0. The highest BCUT2D eigenvalue weighted by atomic mass is 16.5. The van der Waals surface area contributed by atoms with Crippen LogP contribution in [0.4, 0.5) is 0 Å². The van der Waals surface area contributed by atoms with Gasteiger partial charge in [-0.3, -0.25) is 0 Å². The van der Waals surface area contributed by atoms with Gasteiger partial charge in [0.15, 0.2) is 0 Å². The minimum Gasteiger partial charge on any atom is -0.501 e. The molecule has 6 atom stereocenters. The van der Waals surface area contributed by atoms with Crippen molar-refractivity contribution in [3.63, 3.8) is 0 Å². The zero-order valence-corrected chi connectivity index (χ0v) is 18.8. The smallest absolute Gasteiger partial charge is 0.0958 e. The number of fused-ring (bicyclic) bond motifs is 5. The van der Waals surface area contributed by atoms with Crippen LogP contribution in [0.1, 0.15) is 86.5 Å². The lowest BCUT2D eigenvalue weighted by Crippen LogP contribution is -2.49. The summed E-state index contributed by atoms with van der Waals surface area (Å²) >= 11 is 0. The molecule has 0 aromatic heterocycles. The molecule has 152 valence electrons. The molecule has 2 heteroatoms. The fourth-order valence-corrected chi connectivity index (χ4v) is 6.67. The average Bonchev–Trinajstić information content (AvgIpc) is 3.06. The van der Waals surface area contributed by atoms with Crippen LogP contribution in [-0.4, -0.2) is 7.11 Å². The molecule has 0 aromatic carbocycles. The van der Waals surface area contributed by atoms with Crippen LogP contribution in [-0.2, 0) is 4.74 Å². The van der Waals surface area contributed by atoms with E-state index in [4.69, 9.17) is 4.74 Å². The van der Waals surface area contributed by atoms with E-state index >= 15 is 0 Å². The number of hydrogen-bond donors (Lipinski definition) is 0. The third-order valence-electron chi connectivity index (χ3n) is 8.15. The van der Waals surface area contributed by atoms with Gasteiger partial charge in [-0.25, -0.2) is 0 Å². The third kappa shape index (κ3) is 3.48.